The Balaban J connectivity index is 2.12. The average molecular weight is 225 g/mol. The summed E-state index contributed by atoms with van der Waals surface area (Å²) in [5, 5.41) is 17.9. The monoisotopic (exact) mass is 225 g/mol. The molecule has 1 N–H and O–H groups in total. The van der Waals surface area contributed by atoms with Gasteiger partial charge in [0.15, 0.2) is 6.10 Å². The predicted octanol–water partition coefficient (Wildman–Crippen LogP) is 3.04. The van der Waals surface area contributed by atoms with E-state index in [-0.39, 0.29) is 0 Å². The van der Waals surface area contributed by atoms with Crippen molar-refractivity contribution in [2.45, 2.75) is 6.10 Å². The smallest absolute Gasteiger partial charge is 0.165 e. The van der Waals surface area contributed by atoms with Crippen molar-refractivity contribution in [1.29, 1.82) is 5.26 Å². The fourth-order valence-corrected chi connectivity index (χ4v) is 1.42. The van der Waals surface area contributed by atoms with E-state index in [2.05, 4.69) is 0 Å². The number of hydrogen-bond donors (Lipinski definition) is 1. The number of aliphatic hydroxyl groups is 1. The molecule has 17 heavy (non-hydrogen) atoms. The van der Waals surface area contributed by atoms with E-state index in [0.717, 1.165) is 5.75 Å². The summed E-state index contributed by atoms with van der Waals surface area (Å²) >= 11 is 0. The molecule has 3 heteroatoms. The van der Waals surface area contributed by atoms with Gasteiger partial charge in [-0.3, -0.25) is 0 Å². The molecule has 0 saturated carbocycles. The molecule has 0 amide bonds. The van der Waals surface area contributed by atoms with Gasteiger partial charge in [-0.15, -0.1) is 0 Å². The van der Waals surface area contributed by atoms with Crippen LogP contribution < -0.4 is 4.74 Å². The number of rotatable bonds is 3. The first-order valence-electron chi connectivity index (χ1n) is 5.20. The summed E-state index contributed by atoms with van der Waals surface area (Å²) in [5.74, 6) is 1.42. The molecule has 0 saturated heterocycles. The summed E-state index contributed by atoms with van der Waals surface area (Å²) in [6, 6.07) is 18.0. The lowest BCUT2D eigenvalue weighted by atomic mass is 10.1. The lowest BCUT2D eigenvalue weighted by Crippen LogP contribution is -1.92. The molecular weight excluding hydrogens is 214 g/mol. The Labute approximate surface area is 99.5 Å². The zero-order valence-corrected chi connectivity index (χ0v) is 9.08. The van der Waals surface area contributed by atoms with Crippen molar-refractivity contribution in [2.24, 2.45) is 0 Å². The van der Waals surface area contributed by atoms with Crippen molar-refractivity contribution in [3.8, 4) is 17.6 Å². The average Bonchev–Trinajstić information content (AvgIpc) is 2.40. The Morgan fingerprint density at radius 1 is 0.941 bits per heavy atom. The van der Waals surface area contributed by atoms with Crippen molar-refractivity contribution < 1.29 is 9.84 Å². The number of hydrogen-bond acceptors (Lipinski definition) is 3. The molecule has 0 fully saturated rings. The lowest BCUT2D eigenvalue weighted by Gasteiger charge is -2.07. The molecule has 3 nitrogen and oxygen atoms in total. The van der Waals surface area contributed by atoms with Crippen LogP contribution in [0.4, 0.5) is 0 Å². The van der Waals surface area contributed by atoms with Gasteiger partial charge in [0.25, 0.3) is 0 Å². The fraction of sp³-hybridized carbons (Fsp3) is 0.0714. The van der Waals surface area contributed by atoms with Gasteiger partial charge in [-0.05, 0) is 29.8 Å². The number of benzene rings is 2. The molecule has 0 aromatic heterocycles. The largest absolute Gasteiger partial charge is 0.457 e. The highest BCUT2D eigenvalue weighted by Gasteiger charge is 2.05. The first kappa shape index (κ1) is 11.2. The normalized spacial score (nSPS) is 11.5. The summed E-state index contributed by atoms with van der Waals surface area (Å²) in [7, 11) is 0. The van der Waals surface area contributed by atoms with Crippen LogP contribution in [0.5, 0.6) is 11.5 Å². The molecule has 0 aliphatic heterocycles. The second-order valence-electron chi connectivity index (χ2n) is 3.52. The Hall–Kier alpha value is -2.31. The molecule has 2 aromatic carbocycles. The van der Waals surface area contributed by atoms with Gasteiger partial charge >= 0.3 is 0 Å². The molecule has 0 spiro atoms. The van der Waals surface area contributed by atoms with E-state index in [0.29, 0.717) is 11.3 Å². The van der Waals surface area contributed by atoms with Crippen LogP contribution in [0.15, 0.2) is 54.6 Å². The third kappa shape index (κ3) is 2.83. The highest BCUT2D eigenvalue weighted by molar-refractivity contribution is 5.34. The molecule has 0 bridgehead atoms. The Kier molecular flexibility index (Phi) is 3.39. The third-order valence-corrected chi connectivity index (χ3v) is 2.30. The quantitative estimate of drug-likeness (QED) is 0.817. The second kappa shape index (κ2) is 5.15. The topological polar surface area (TPSA) is 53.2 Å². The van der Waals surface area contributed by atoms with Crippen molar-refractivity contribution in [3.05, 3.63) is 60.2 Å². The predicted molar refractivity (Wildman–Crippen MR) is 63.5 cm³/mol. The van der Waals surface area contributed by atoms with Crippen molar-refractivity contribution >= 4 is 0 Å². The van der Waals surface area contributed by atoms with Gasteiger partial charge in [0.2, 0.25) is 0 Å². The maximum Gasteiger partial charge on any atom is 0.165 e. The van der Waals surface area contributed by atoms with E-state index >= 15 is 0 Å². The third-order valence-electron chi connectivity index (χ3n) is 2.30. The minimum Gasteiger partial charge on any atom is -0.457 e. The fourth-order valence-electron chi connectivity index (χ4n) is 1.42. The van der Waals surface area contributed by atoms with Gasteiger partial charge < -0.3 is 9.84 Å². The molecule has 0 aliphatic carbocycles. The van der Waals surface area contributed by atoms with Crippen molar-refractivity contribution in [3.63, 3.8) is 0 Å². The Morgan fingerprint density at radius 3 is 2.12 bits per heavy atom. The lowest BCUT2D eigenvalue weighted by molar-refractivity contribution is 0.236. The number of para-hydroxylation sites is 1. The van der Waals surface area contributed by atoms with Crippen LogP contribution in [0.25, 0.3) is 0 Å². The van der Waals surface area contributed by atoms with Crippen LogP contribution >= 0.6 is 0 Å². The van der Waals surface area contributed by atoms with Crippen molar-refractivity contribution in [2.75, 3.05) is 0 Å². The number of nitriles is 1. The highest BCUT2D eigenvalue weighted by Crippen LogP contribution is 2.22. The number of nitrogens with zero attached hydrogens (tertiary/aromatic N) is 1. The molecule has 0 radical (unpaired) electrons. The SMILES string of the molecule is N#C[C@@H](O)c1ccc(Oc2ccccc2)cc1. The summed E-state index contributed by atoms with van der Waals surface area (Å²) in [6.45, 7) is 0. The molecule has 2 rings (SSSR count). The summed E-state index contributed by atoms with van der Waals surface area (Å²) in [5.41, 5.74) is 0.563. The standard InChI is InChI=1S/C14H11NO2/c15-10-14(16)11-6-8-13(9-7-11)17-12-4-2-1-3-5-12/h1-9,14,16H/t14-/m1/s1. The molecule has 2 aromatic rings. The first-order valence-corrected chi connectivity index (χ1v) is 5.20. The van der Waals surface area contributed by atoms with E-state index in [4.69, 9.17) is 10.00 Å². The number of aliphatic hydroxyl groups excluding tert-OH is 1. The summed E-state index contributed by atoms with van der Waals surface area (Å²) in [4.78, 5) is 0. The van der Waals surface area contributed by atoms with E-state index in [1.165, 1.54) is 0 Å². The number of ether oxygens (including phenoxy) is 1. The minimum atomic E-state index is -1.08. The van der Waals surface area contributed by atoms with Gasteiger partial charge in [-0.1, -0.05) is 30.3 Å². The Bertz CT molecular complexity index is 514. The van der Waals surface area contributed by atoms with Gasteiger partial charge in [0, 0.05) is 0 Å². The van der Waals surface area contributed by atoms with Crippen LogP contribution in [0, 0.1) is 11.3 Å². The molecular formula is C14H11NO2. The van der Waals surface area contributed by atoms with Gasteiger partial charge in [-0.25, -0.2) is 0 Å². The van der Waals surface area contributed by atoms with Gasteiger partial charge in [-0.2, -0.15) is 5.26 Å². The van der Waals surface area contributed by atoms with Crippen LogP contribution in [0.2, 0.25) is 0 Å². The zero-order valence-electron chi connectivity index (χ0n) is 9.08. The van der Waals surface area contributed by atoms with Gasteiger partial charge in [0.05, 0.1) is 6.07 Å². The van der Waals surface area contributed by atoms with E-state index in [1.54, 1.807) is 30.3 Å². The van der Waals surface area contributed by atoms with E-state index in [9.17, 15) is 5.11 Å². The van der Waals surface area contributed by atoms with Crippen molar-refractivity contribution in [1.82, 2.24) is 0 Å². The second-order valence-corrected chi connectivity index (χ2v) is 3.52. The van der Waals surface area contributed by atoms with E-state index in [1.807, 2.05) is 30.3 Å². The minimum absolute atomic E-state index is 0.563. The van der Waals surface area contributed by atoms with Crippen LogP contribution in [0.3, 0.4) is 0 Å². The first-order chi connectivity index (χ1) is 8.29. The van der Waals surface area contributed by atoms with Crippen LogP contribution in [-0.2, 0) is 0 Å². The molecule has 84 valence electrons. The van der Waals surface area contributed by atoms with Gasteiger partial charge in [0.1, 0.15) is 11.5 Å². The summed E-state index contributed by atoms with van der Waals surface area (Å²) in [6.07, 6.45) is -1.08. The summed E-state index contributed by atoms with van der Waals surface area (Å²) < 4.78 is 5.58. The molecule has 0 unspecified atom stereocenters. The van der Waals surface area contributed by atoms with Crippen LogP contribution in [-0.4, -0.2) is 5.11 Å². The molecule has 1 atom stereocenters. The van der Waals surface area contributed by atoms with E-state index < -0.39 is 6.10 Å². The zero-order chi connectivity index (χ0) is 12.1. The molecule has 0 heterocycles. The molecule has 0 aliphatic rings. The van der Waals surface area contributed by atoms with Crippen LogP contribution in [0.1, 0.15) is 11.7 Å². The highest BCUT2D eigenvalue weighted by atomic mass is 16.5. The Morgan fingerprint density at radius 2 is 1.53 bits per heavy atom. The maximum absolute atomic E-state index is 9.31. The maximum atomic E-state index is 9.31.